The van der Waals surface area contributed by atoms with Crippen molar-refractivity contribution in [2.24, 2.45) is 5.92 Å². The number of benzene rings is 2. The van der Waals surface area contributed by atoms with Crippen molar-refractivity contribution in [1.82, 2.24) is 15.6 Å². The summed E-state index contributed by atoms with van der Waals surface area (Å²) in [4.78, 5) is 18.7. The maximum Gasteiger partial charge on any atom is 0.255 e. The molecule has 1 amide bonds. The molecule has 34 heavy (non-hydrogen) atoms. The summed E-state index contributed by atoms with van der Waals surface area (Å²) in [5, 5.41) is 16.7. The van der Waals surface area contributed by atoms with E-state index in [2.05, 4.69) is 15.6 Å². The predicted molar refractivity (Wildman–Crippen MR) is 133 cm³/mol. The molecule has 1 aliphatic heterocycles. The van der Waals surface area contributed by atoms with Crippen LogP contribution in [0.4, 0.5) is 21.6 Å². The van der Waals surface area contributed by atoms with Gasteiger partial charge in [-0.25, -0.2) is 9.37 Å². The minimum absolute atomic E-state index is 0.0107. The standard InChI is InChI=1S/C26H30FN5O2/c1-16-3-7-23(21(27)13-16)32(2)18-4-8-24(33)20(14-18)22-6-5-19(25(28)31-22)26(34)30-15-17-9-11-29-12-10-17/h3-8,13-14,17,29,33H,9-12,15H2,1-2H3,(H2,28,31)(H,30,34). The Balaban J connectivity index is 1.54. The van der Waals surface area contributed by atoms with Gasteiger partial charge in [-0.1, -0.05) is 6.07 Å². The molecule has 0 unspecified atom stereocenters. The van der Waals surface area contributed by atoms with E-state index in [1.807, 2.05) is 13.0 Å². The van der Waals surface area contributed by atoms with E-state index in [4.69, 9.17) is 5.73 Å². The van der Waals surface area contributed by atoms with Gasteiger partial charge in [-0.15, -0.1) is 0 Å². The summed E-state index contributed by atoms with van der Waals surface area (Å²) in [6.45, 7) is 4.37. The number of amides is 1. The molecule has 0 radical (unpaired) electrons. The van der Waals surface area contributed by atoms with E-state index < -0.39 is 0 Å². The molecule has 8 heteroatoms. The zero-order chi connectivity index (χ0) is 24.2. The van der Waals surface area contributed by atoms with Crippen LogP contribution < -0.4 is 21.3 Å². The number of nitrogens with one attached hydrogen (secondary N) is 2. The quantitative estimate of drug-likeness (QED) is 0.441. The summed E-state index contributed by atoms with van der Waals surface area (Å²) < 4.78 is 14.5. The number of phenolic OH excluding ortho intramolecular Hbond substituents is 1. The number of piperidine rings is 1. The lowest BCUT2D eigenvalue weighted by Gasteiger charge is -2.23. The number of phenols is 1. The number of carbonyl (C=O) groups excluding carboxylic acids is 1. The van der Waals surface area contributed by atoms with Gasteiger partial charge in [0.2, 0.25) is 0 Å². The summed E-state index contributed by atoms with van der Waals surface area (Å²) in [5.41, 5.74) is 9.19. The number of hydrogen-bond donors (Lipinski definition) is 4. The Morgan fingerprint density at radius 1 is 1.21 bits per heavy atom. The Kier molecular flexibility index (Phi) is 6.98. The Labute approximate surface area is 198 Å². The first kappa shape index (κ1) is 23.5. The minimum Gasteiger partial charge on any atom is -0.507 e. The number of nitrogens with zero attached hydrogens (tertiary/aromatic N) is 2. The second kappa shape index (κ2) is 10.1. The predicted octanol–water partition coefficient (Wildman–Crippen LogP) is 3.98. The number of hydrogen-bond acceptors (Lipinski definition) is 6. The number of halogens is 1. The van der Waals surface area contributed by atoms with Crippen LogP contribution in [0, 0.1) is 18.7 Å². The van der Waals surface area contributed by atoms with Crippen molar-refractivity contribution < 1.29 is 14.3 Å². The third-order valence-electron chi connectivity index (χ3n) is 6.29. The normalized spacial score (nSPS) is 14.1. The summed E-state index contributed by atoms with van der Waals surface area (Å²) in [6.07, 6.45) is 2.06. The fourth-order valence-corrected chi connectivity index (χ4v) is 4.20. The molecular weight excluding hydrogens is 433 g/mol. The molecule has 0 spiro atoms. The Morgan fingerprint density at radius 3 is 2.68 bits per heavy atom. The molecule has 1 saturated heterocycles. The third kappa shape index (κ3) is 5.12. The van der Waals surface area contributed by atoms with Gasteiger partial charge in [0, 0.05) is 24.8 Å². The van der Waals surface area contributed by atoms with Crippen LogP contribution in [-0.2, 0) is 0 Å². The van der Waals surface area contributed by atoms with E-state index in [-0.39, 0.29) is 23.3 Å². The molecule has 1 fully saturated rings. The molecule has 1 aliphatic rings. The average Bonchev–Trinajstić information content (AvgIpc) is 2.83. The highest BCUT2D eigenvalue weighted by atomic mass is 19.1. The van der Waals surface area contributed by atoms with Crippen molar-refractivity contribution in [3.8, 4) is 17.0 Å². The first-order valence-corrected chi connectivity index (χ1v) is 11.4. The van der Waals surface area contributed by atoms with Gasteiger partial charge in [-0.3, -0.25) is 4.79 Å². The fraction of sp³-hybridized carbons (Fsp3) is 0.308. The SMILES string of the molecule is Cc1ccc(N(C)c2ccc(O)c(-c3ccc(C(=O)NCC4CCNCC4)c(N)n3)c2)c(F)c1. The van der Waals surface area contributed by atoms with Crippen LogP contribution in [0.5, 0.6) is 5.75 Å². The number of aryl methyl sites for hydroxylation is 1. The van der Waals surface area contributed by atoms with Gasteiger partial charge < -0.3 is 26.4 Å². The lowest BCUT2D eigenvalue weighted by Crippen LogP contribution is -2.36. The lowest BCUT2D eigenvalue weighted by molar-refractivity contribution is 0.0945. The van der Waals surface area contributed by atoms with Crippen LogP contribution in [0.3, 0.4) is 0 Å². The largest absolute Gasteiger partial charge is 0.507 e. The number of nitrogen functional groups attached to an aromatic ring is 1. The first-order chi connectivity index (χ1) is 16.3. The molecule has 4 rings (SSSR count). The van der Waals surface area contributed by atoms with Crippen molar-refractivity contribution in [3.05, 3.63) is 65.5 Å². The number of anilines is 3. The number of aromatic nitrogens is 1. The Bertz CT molecular complexity index is 1190. The zero-order valence-corrected chi connectivity index (χ0v) is 19.4. The van der Waals surface area contributed by atoms with E-state index in [0.717, 1.165) is 31.5 Å². The van der Waals surface area contributed by atoms with Crippen molar-refractivity contribution in [1.29, 1.82) is 0 Å². The molecule has 178 valence electrons. The highest BCUT2D eigenvalue weighted by Crippen LogP contribution is 2.35. The molecular formula is C26H30FN5O2. The highest BCUT2D eigenvalue weighted by Gasteiger charge is 2.18. The summed E-state index contributed by atoms with van der Waals surface area (Å²) in [5.74, 6) is -0.0460. The van der Waals surface area contributed by atoms with Gasteiger partial charge in [0.15, 0.2) is 0 Å². The van der Waals surface area contributed by atoms with E-state index in [0.29, 0.717) is 40.7 Å². The number of carbonyl (C=O) groups is 1. The van der Waals surface area contributed by atoms with Gasteiger partial charge in [0.05, 0.1) is 16.9 Å². The lowest BCUT2D eigenvalue weighted by atomic mass is 9.98. The molecule has 0 bridgehead atoms. The molecule has 1 aromatic heterocycles. The molecule has 2 aromatic carbocycles. The average molecular weight is 464 g/mol. The summed E-state index contributed by atoms with van der Waals surface area (Å²) >= 11 is 0. The van der Waals surface area contributed by atoms with Gasteiger partial charge >= 0.3 is 0 Å². The smallest absolute Gasteiger partial charge is 0.255 e. The van der Waals surface area contributed by atoms with Crippen LogP contribution in [-0.4, -0.2) is 42.7 Å². The topological polar surface area (TPSA) is 104 Å². The van der Waals surface area contributed by atoms with Crippen molar-refractivity contribution >= 4 is 23.1 Å². The van der Waals surface area contributed by atoms with Crippen LogP contribution in [0.15, 0.2) is 48.5 Å². The molecule has 3 aromatic rings. The Morgan fingerprint density at radius 2 is 1.97 bits per heavy atom. The summed E-state index contributed by atoms with van der Waals surface area (Å²) in [7, 11) is 1.75. The van der Waals surface area contributed by atoms with Crippen LogP contribution >= 0.6 is 0 Å². The molecule has 5 N–H and O–H groups in total. The van der Waals surface area contributed by atoms with E-state index in [1.54, 1.807) is 42.3 Å². The number of nitrogens with two attached hydrogens (primary N) is 1. The first-order valence-electron chi connectivity index (χ1n) is 11.4. The van der Waals surface area contributed by atoms with Crippen molar-refractivity contribution in [2.45, 2.75) is 19.8 Å². The zero-order valence-electron chi connectivity index (χ0n) is 19.4. The second-order valence-corrected chi connectivity index (χ2v) is 8.75. The van der Waals surface area contributed by atoms with E-state index >= 15 is 0 Å². The van der Waals surface area contributed by atoms with Gasteiger partial charge in [-0.2, -0.15) is 0 Å². The minimum atomic E-state index is -0.334. The van der Waals surface area contributed by atoms with Crippen LogP contribution in [0.25, 0.3) is 11.3 Å². The van der Waals surface area contributed by atoms with Gasteiger partial charge in [-0.05, 0) is 86.8 Å². The number of aromatic hydroxyl groups is 1. The maximum absolute atomic E-state index is 14.5. The monoisotopic (exact) mass is 463 g/mol. The van der Waals surface area contributed by atoms with Gasteiger partial charge in [0.25, 0.3) is 5.91 Å². The third-order valence-corrected chi connectivity index (χ3v) is 6.29. The molecule has 2 heterocycles. The van der Waals surface area contributed by atoms with Crippen LogP contribution in [0.1, 0.15) is 28.8 Å². The summed E-state index contributed by atoms with van der Waals surface area (Å²) in [6, 6.07) is 13.2. The Hall–Kier alpha value is -3.65. The highest BCUT2D eigenvalue weighted by molar-refractivity contribution is 5.98. The van der Waals surface area contributed by atoms with Gasteiger partial charge in [0.1, 0.15) is 17.4 Å². The molecule has 0 atom stereocenters. The van der Waals surface area contributed by atoms with Crippen LogP contribution in [0.2, 0.25) is 0 Å². The van der Waals surface area contributed by atoms with E-state index in [9.17, 15) is 14.3 Å². The second-order valence-electron chi connectivity index (χ2n) is 8.75. The molecule has 0 aliphatic carbocycles. The fourth-order valence-electron chi connectivity index (χ4n) is 4.20. The van der Waals surface area contributed by atoms with E-state index in [1.165, 1.54) is 12.1 Å². The van der Waals surface area contributed by atoms with Crippen molar-refractivity contribution in [3.63, 3.8) is 0 Å². The molecule has 0 saturated carbocycles. The molecule has 7 nitrogen and oxygen atoms in total. The van der Waals surface area contributed by atoms with Crippen molar-refractivity contribution in [2.75, 3.05) is 37.3 Å². The number of pyridine rings is 1. The maximum atomic E-state index is 14.5. The number of rotatable bonds is 6.